The number of hydrogen-bond acceptors (Lipinski definition) is 4. The lowest BCUT2D eigenvalue weighted by atomic mass is 9.98. The SMILES string of the molecule is Cc1nc(S(=O)(=O)N2CCC[C@@H](C(=O)Nc3ccc(C(F)(F)F)cc3)C2)cn1C. The third kappa shape index (κ3) is 4.61. The molecule has 3 rings (SSSR count). The number of imidazole rings is 1. The summed E-state index contributed by atoms with van der Waals surface area (Å²) in [4.78, 5) is 16.6. The third-order valence-corrected chi connectivity index (χ3v) is 6.66. The number of anilines is 1. The molecular formula is C18H21F3N4O3S. The van der Waals surface area contributed by atoms with E-state index in [1.165, 1.54) is 22.6 Å². The summed E-state index contributed by atoms with van der Waals surface area (Å²) in [6.07, 6.45) is -2.04. The number of carbonyl (C=O) groups is 1. The zero-order valence-corrected chi connectivity index (χ0v) is 16.7. The van der Waals surface area contributed by atoms with Crippen LogP contribution in [0.4, 0.5) is 18.9 Å². The molecule has 158 valence electrons. The maximum absolute atomic E-state index is 12.8. The van der Waals surface area contributed by atoms with Crippen LogP contribution in [0, 0.1) is 12.8 Å². The number of carbonyl (C=O) groups excluding carboxylic acids is 1. The van der Waals surface area contributed by atoms with Gasteiger partial charge in [0, 0.05) is 32.0 Å². The Morgan fingerprint density at radius 1 is 1.24 bits per heavy atom. The van der Waals surface area contributed by atoms with Crippen LogP contribution < -0.4 is 5.32 Å². The number of aromatic nitrogens is 2. The normalized spacial score (nSPS) is 18.6. The van der Waals surface area contributed by atoms with Gasteiger partial charge in [0.05, 0.1) is 11.5 Å². The molecule has 0 aliphatic carbocycles. The highest BCUT2D eigenvalue weighted by atomic mass is 32.2. The summed E-state index contributed by atoms with van der Waals surface area (Å²) in [7, 11) is -2.14. The number of benzene rings is 1. The number of nitrogens with zero attached hydrogens (tertiary/aromatic N) is 3. The monoisotopic (exact) mass is 430 g/mol. The summed E-state index contributed by atoms with van der Waals surface area (Å²) in [5.41, 5.74) is -0.584. The van der Waals surface area contributed by atoms with E-state index in [0.717, 1.165) is 12.1 Å². The molecule has 29 heavy (non-hydrogen) atoms. The quantitative estimate of drug-likeness (QED) is 0.809. The fraction of sp³-hybridized carbons (Fsp3) is 0.444. The van der Waals surface area contributed by atoms with Gasteiger partial charge in [0.25, 0.3) is 10.0 Å². The predicted molar refractivity (Wildman–Crippen MR) is 99.5 cm³/mol. The number of piperidine rings is 1. The summed E-state index contributed by atoms with van der Waals surface area (Å²) in [6.45, 7) is 1.96. The van der Waals surface area contributed by atoms with E-state index >= 15 is 0 Å². The number of rotatable bonds is 4. The zero-order chi connectivity index (χ0) is 21.4. The minimum atomic E-state index is -4.45. The Labute approximate surface area is 166 Å². The van der Waals surface area contributed by atoms with Crippen molar-refractivity contribution < 1.29 is 26.4 Å². The lowest BCUT2D eigenvalue weighted by Crippen LogP contribution is -2.43. The Kier molecular flexibility index (Phi) is 5.72. The molecule has 11 heteroatoms. The Balaban J connectivity index is 1.69. The first-order valence-corrected chi connectivity index (χ1v) is 10.4. The molecule has 0 saturated carbocycles. The fourth-order valence-corrected chi connectivity index (χ4v) is 4.69. The molecule has 2 aromatic rings. The molecule has 0 unspecified atom stereocenters. The van der Waals surface area contributed by atoms with Crippen LogP contribution in [0.15, 0.2) is 35.5 Å². The number of hydrogen-bond donors (Lipinski definition) is 1. The molecule has 1 atom stereocenters. The smallest absolute Gasteiger partial charge is 0.337 e. The van der Waals surface area contributed by atoms with Crippen LogP contribution >= 0.6 is 0 Å². The maximum atomic E-state index is 12.8. The lowest BCUT2D eigenvalue weighted by molar-refractivity contribution is -0.137. The molecule has 0 spiro atoms. The fourth-order valence-electron chi connectivity index (χ4n) is 3.14. The lowest BCUT2D eigenvalue weighted by Gasteiger charge is -2.30. The highest BCUT2D eigenvalue weighted by Gasteiger charge is 2.35. The van der Waals surface area contributed by atoms with E-state index in [-0.39, 0.29) is 23.8 Å². The van der Waals surface area contributed by atoms with Crippen molar-refractivity contribution in [3.63, 3.8) is 0 Å². The van der Waals surface area contributed by atoms with Gasteiger partial charge in [0.2, 0.25) is 5.91 Å². The molecule has 1 aromatic carbocycles. The van der Waals surface area contributed by atoms with Gasteiger partial charge in [0.1, 0.15) is 5.82 Å². The molecule has 0 radical (unpaired) electrons. The minimum Gasteiger partial charge on any atom is -0.337 e. The van der Waals surface area contributed by atoms with Crippen LogP contribution in [-0.4, -0.2) is 41.3 Å². The predicted octanol–water partition coefficient (Wildman–Crippen LogP) is 2.79. The standard InChI is InChI=1S/C18H21F3N4O3S/c1-12-22-16(11-24(12)2)29(27,28)25-9-3-4-13(10-25)17(26)23-15-7-5-14(6-8-15)18(19,20)21/h5-8,11,13H,3-4,9-10H2,1-2H3,(H,23,26)/t13-/m1/s1. The topological polar surface area (TPSA) is 84.3 Å². The second-order valence-corrected chi connectivity index (χ2v) is 8.89. The largest absolute Gasteiger partial charge is 0.416 e. The van der Waals surface area contributed by atoms with Crippen LogP contribution in [0.5, 0.6) is 0 Å². The van der Waals surface area contributed by atoms with E-state index in [4.69, 9.17) is 0 Å². The summed E-state index contributed by atoms with van der Waals surface area (Å²) in [5.74, 6) is -0.482. The van der Waals surface area contributed by atoms with Crippen LogP contribution in [-0.2, 0) is 28.0 Å². The second kappa shape index (κ2) is 7.79. The Morgan fingerprint density at radius 2 is 1.90 bits per heavy atom. The number of alkyl halides is 3. The van der Waals surface area contributed by atoms with Crippen molar-refractivity contribution in [3.05, 3.63) is 41.9 Å². The molecule has 2 heterocycles. The van der Waals surface area contributed by atoms with Gasteiger partial charge in [-0.25, -0.2) is 13.4 Å². The third-order valence-electron chi connectivity index (χ3n) is 4.93. The van der Waals surface area contributed by atoms with E-state index in [1.54, 1.807) is 18.5 Å². The number of amides is 1. The van der Waals surface area contributed by atoms with Crippen LogP contribution in [0.25, 0.3) is 0 Å². The molecule has 7 nitrogen and oxygen atoms in total. The molecule has 1 aliphatic rings. The number of nitrogens with one attached hydrogen (secondary N) is 1. The average Bonchev–Trinajstić information content (AvgIpc) is 3.01. The van der Waals surface area contributed by atoms with Gasteiger partial charge in [-0.15, -0.1) is 0 Å². The second-order valence-electron chi connectivity index (χ2n) is 7.00. The van der Waals surface area contributed by atoms with Crippen molar-refractivity contribution in [2.45, 2.75) is 31.0 Å². The van der Waals surface area contributed by atoms with Crippen molar-refractivity contribution in [2.24, 2.45) is 13.0 Å². The van der Waals surface area contributed by atoms with Crippen molar-refractivity contribution >= 4 is 21.6 Å². The first-order chi connectivity index (χ1) is 13.5. The van der Waals surface area contributed by atoms with Gasteiger partial charge in [-0.1, -0.05) is 0 Å². The molecule has 1 amide bonds. The first-order valence-electron chi connectivity index (χ1n) is 8.97. The van der Waals surface area contributed by atoms with Crippen LogP contribution in [0.3, 0.4) is 0 Å². The van der Waals surface area contributed by atoms with Crippen molar-refractivity contribution in [3.8, 4) is 0 Å². The summed E-state index contributed by atoms with van der Waals surface area (Å²) in [5, 5.41) is 2.50. The summed E-state index contributed by atoms with van der Waals surface area (Å²) in [6, 6.07) is 4.12. The number of halogens is 3. The van der Waals surface area contributed by atoms with Gasteiger partial charge < -0.3 is 9.88 Å². The highest BCUT2D eigenvalue weighted by molar-refractivity contribution is 7.89. The van der Waals surface area contributed by atoms with Gasteiger partial charge in [-0.2, -0.15) is 17.5 Å². The molecule has 1 N–H and O–H groups in total. The van der Waals surface area contributed by atoms with Crippen molar-refractivity contribution in [2.75, 3.05) is 18.4 Å². The van der Waals surface area contributed by atoms with Crippen molar-refractivity contribution in [1.29, 1.82) is 0 Å². The Hall–Kier alpha value is -2.40. The maximum Gasteiger partial charge on any atom is 0.416 e. The molecule has 1 saturated heterocycles. The summed E-state index contributed by atoms with van der Waals surface area (Å²) >= 11 is 0. The highest BCUT2D eigenvalue weighted by Crippen LogP contribution is 2.30. The van der Waals surface area contributed by atoms with E-state index in [1.807, 2.05) is 0 Å². The minimum absolute atomic E-state index is 0.00950. The average molecular weight is 430 g/mol. The Morgan fingerprint density at radius 3 is 2.45 bits per heavy atom. The van der Waals surface area contributed by atoms with Gasteiger partial charge in [0.15, 0.2) is 5.03 Å². The number of aryl methyl sites for hydroxylation is 2. The number of sulfonamides is 1. The molecule has 1 fully saturated rings. The Bertz CT molecular complexity index is 981. The van der Waals surface area contributed by atoms with Gasteiger partial charge in [-0.05, 0) is 44.0 Å². The van der Waals surface area contributed by atoms with Crippen molar-refractivity contribution in [1.82, 2.24) is 13.9 Å². The van der Waals surface area contributed by atoms with Gasteiger partial charge in [-0.3, -0.25) is 4.79 Å². The molecule has 1 aliphatic heterocycles. The zero-order valence-electron chi connectivity index (χ0n) is 15.9. The molecule has 1 aromatic heterocycles. The summed E-state index contributed by atoms with van der Waals surface area (Å²) < 4.78 is 66.4. The van der Waals surface area contributed by atoms with Crippen LogP contribution in [0.1, 0.15) is 24.2 Å². The van der Waals surface area contributed by atoms with Crippen LogP contribution in [0.2, 0.25) is 0 Å². The molecular weight excluding hydrogens is 409 g/mol. The van der Waals surface area contributed by atoms with E-state index in [0.29, 0.717) is 18.7 Å². The van der Waals surface area contributed by atoms with E-state index in [9.17, 15) is 26.4 Å². The molecule has 0 bridgehead atoms. The van der Waals surface area contributed by atoms with Gasteiger partial charge >= 0.3 is 6.18 Å². The van der Waals surface area contributed by atoms with E-state index < -0.39 is 33.6 Å². The van der Waals surface area contributed by atoms with E-state index in [2.05, 4.69) is 10.3 Å². The first kappa shape index (κ1) is 21.3.